The van der Waals surface area contributed by atoms with E-state index in [0.717, 1.165) is 42.7 Å². The average Bonchev–Trinajstić information content (AvgIpc) is 2.35. The third-order valence-corrected chi connectivity index (χ3v) is 3.06. The van der Waals surface area contributed by atoms with E-state index >= 15 is 0 Å². The van der Waals surface area contributed by atoms with E-state index in [9.17, 15) is 0 Å². The first-order chi connectivity index (χ1) is 8.36. The normalized spacial score (nSPS) is 10.2. The van der Waals surface area contributed by atoms with Crippen LogP contribution in [-0.2, 0) is 0 Å². The maximum Gasteiger partial charge on any atom is 0.146 e. The number of rotatable bonds is 9. The van der Waals surface area contributed by atoms with Crippen LogP contribution in [0.4, 0.5) is 11.6 Å². The molecule has 0 spiro atoms. The molecule has 0 saturated heterocycles. The minimum Gasteiger partial charge on any atom is -0.396 e. The highest BCUT2D eigenvalue weighted by atomic mass is 32.2. The molecule has 0 radical (unpaired) electrons. The Morgan fingerprint density at radius 1 is 1.24 bits per heavy atom. The molecule has 0 aromatic carbocycles. The fraction of sp³-hybridized carbons (Fsp3) is 0.636. The van der Waals surface area contributed by atoms with Gasteiger partial charge in [-0.2, -0.15) is 11.8 Å². The van der Waals surface area contributed by atoms with Crippen LogP contribution in [0.5, 0.6) is 0 Å². The second-order valence-corrected chi connectivity index (χ2v) is 4.66. The molecular formula is C11H20N4OS. The van der Waals surface area contributed by atoms with Gasteiger partial charge in [0, 0.05) is 25.4 Å². The summed E-state index contributed by atoms with van der Waals surface area (Å²) in [6.07, 6.45) is 4.30. The second kappa shape index (κ2) is 9.07. The highest BCUT2D eigenvalue weighted by molar-refractivity contribution is 7.99. The molecule has 0 bridgehead atoms. The molecule has 5 nitrogen and oxygen atoms in total. The zero-order chi connectivity index (χ0) is 12.3. The van der Waals surface area contributed by atoms with Gasteiger partial charge >= 0.3 is 0 Å². The second-order valence-electron chi connectivity index (χ2n) is 3.44. The summed E-state index contributed by atoms with van der Waals surface area (Å²) in [4.78, 5) is 8.47. The Kier molecular flexibility index (Phi) is 7.49. The van der Waals surface area contributed by atoms with Crippen LogP contribution in [0.1, 0.15) is 13.3 Å². The van der Waals surface area contributed by atoms with Crippen LogP contribution >= 0.6 is 11.8 Å². The molecule has 0 aliphatic rings. The van der Waals surface area contributed by atoms with E-state index in [-0.39, 0.29) is 6.61 Å². The molecule has 3 N–H and O–H groups in total. The lowest BCUT2D eigenvalue weighted by Crippen LogP contribution is -2.08. The first kappa shape index (κ1) is 14.1. The van der Waals surface area contributed by atoms with Gasteiger partial charge in [0.05, 0.1) is 12.4 Å². The Labute approximate surface area is 106 Å². The molecule has 96 valence electrons. The Balaban J connectivity index is 2.19. The smallest absolute Gasteiger partial charge is 0.146 e. The van der Waals surface area contributed by atoms with Crippen LogP contribution in [0.2, 0.25) is 0 Å². The molecule has 0 aliphatic carbocycles. The number of nitrogens with one attached hydrogen (secondary N) is 2. The van der Waals surface area contributed by atoms with Crippen molar-refractivity contribution in [2.75, 3.05) is 41.8 Å². The fourth-order valence-corrected chi connectivity index (χ4v) is 2.02. The third-order valence-electron chi connectivity index (χ3n) is 1.99. The van der Waals surface area contributed by atoms with E-state index in [0.29, 0.717) is 0 Å². The molecule has 0 amide bonds. The van der Waals surface area contributed by atoms with Crippen LogP contribution < -0.4 is 10.6 Å². The van der Waals surface area contributed by atoms with Crippen molar-refractivity contribution >= 4 is 23.4 Å². The van der Waals surface area contributed by atoms with Crippen molar-refractivity contribution in [1.82, 2.24) is 9.97 Å². The van der Waals surface area contributed by atoms with E-state index in [1.54, 1.807) is 12.4 Å². The van der Waals surface area contributed by atoms with E-state index in [2.05, 4.69) is 20.6 Å². The summed E-state index contributed by atoms with van der Waals surface area (Å²) in [5.41, 5.74) is 0. The van der Waals surface area contributed by atoms with Gasteiger partial charge in [-0.05, 0) is 19.1 Å². The molecule has 1 heterocycles. The molecule has 6 heteroatoms. The van der Waals surface area contributed by atoms with Gasteiger partial charge in [-0.3, -0.25) is 4.98 Å². The maximum atomic E-state index is 8.63. The van der Waals surface area contributed by atoms with Gasteiger partial charge in [0.15, 0.2) is 0 Å². The summed E-state index contributed by atoms with van der Waals surface area (Å²) in [6, 6.07) is 0. The monoisotopic (exact) mass is 256 g/mol. The average molecular weight is 256 g/mol. The van der Waals surface area contributed by atoms with Gasteiger partial charge in [-0.15, -0.1) is 0 Å². The summed E-state index contributed by atoms with van der Waals surface area (Å²) >= 11 is 1.83. The lowest BCUT2D eigenvalue weighted by atomic mass is 10.5. The van der Waals surface area contributed by atoms with Crippen LogP contribution in [0, 0.1) is 0 Å². The first-order valence-electron chi connectivity index (χ1n) is 5.85. The van der Waals surface area contributed by atoms with Crippen molar-refractivity contribution in [2.24, 2.45) is 0 Å². The minimum absolute atomic E-state index is 0.274. The molecule has 0 saturated carbocycles. The summed E-state index contributed by atoms with van der Waals surface area (Å²) in [5, 5.41) is 15.0. The Bertz CT molecular complexity index is 311. The molecule has 1 rings (SSSR count). The topological polar surface area (TPSA) is 70.1 Å². The van der Waals surface area contributed by atoms with Crippen molar-refractivity contribution in [3.63, 3.8) is 0 Å². The number of anilines is 2. The van der Waals surface area contributed by atoms with E-state index in [1.165, 1.54) is 0 Å². The summed E-state index contributed by atoms with van der Waals surface area (Å²) in [7, 11) is 0. The SMILES string of the molecule is CCNc1cncc(NCCSCCCO)n1. The van der Waals surface area contributed by atoms with E-state index in [4.69, 9.17) is 5.11 Å². The Hall–Kier alpha value is -1.01. The van der Waals surface area contributed by atoms with Crippen molar-refractivity contribution in [1.29, 1.82) is 0 Å². The van der Waals surface area contributed by atoms with Gasteiger partial charge in [0.2, 0.25) is 0 Å². The molecular weight excluding hydrogens is 236 g/mol. The standard InChI is InChI=1S/C11H20N4OS/c1-2-13-10-8-12-9-11(15-10)14-4-7-17-6-3-5-16/h8-9,16H,2-7H2,1H3,(H2,13,14,15). The minimum atomic E-state index is 0.274. The first-order valence-corrected chi connectivity index (χ1v) is 7.00. The number of hydrogen-bond acceptors (Lipinski definition) is 6. The van der Waals surface area contributed by atoms with Crippen molar-refractivity contribution in [3.05, 3.63) is 12.4 Å². The van der Waals surface area contributed by atoms with Crippen LogP contribution in [0.25, 0.3) is 0 Å². The van der Waals surface area contributed by atoms with Gasteiger partial charge in [0.1, 0.15) is 11.6 Å². The molecule has 0 atom stereocenters. The number of thioether (sulfide) groups is 1. The lowest BCUT2D eigenvalue weighted by Gasteiger charge is -2.07. The molecule has 0 fully saturated rings. The van der Waals surface area contributed by atoms with Gasteiger partial charge < -0.3 is 15.7 Å². The van der Waals surface area contributed by atoms with Crippen molar-refractivity contribution in [2.45, 2.75) is 13.3 Å². The molecule has 0 aliphatic heterocycles. The summed E-state index contributed by atoms with van der Waals surface area (Å²) < 4.78 is 0. The quantitative estimate of drug-likeness (QED) is 0.581. The fourth-order valence-electron chi connectivity index (χ4n) is 1.24. The number of nitrogens with zero attached hydrogens (tertiary/aromatic N) is 2. The number of aliphatic hydroxyl groups is 1. The largest absolute Gasteiger partial charge is 0.396 e. The highest BCUT2D eigenvalue weighted by Crippen LogP contribution is 2.07. The summed E-state index contributed by atoms with van der Waals surface area (Å²) in [5.74, 6) is 3.60. The van der Waals surface area contributed by atoms with Crippen molar-refractivity contribution < 1.29 is 5.11 Å². The zero-order valence-corrected chi connectivity index (χ0v) is 11.0. The number of aliphatic hydroxyl groups excluding tert-OH is 1. The number of hydrogen-bond donors (Lipinski definition) is 3. The Morgan fingerprint density at radius 3 is 2.71 bits per heavy atom. The van der Waals surface area contributed by atoms with Gasteiger partial charge in [-0.25, -0.2) is 4.98 Å². The van der Waals surface area contributed by atoms with Gasteiger partial charge in [-0.1, -0.05) is 0 Å². The van der Waals surface area contributed by atoms with E-state index in [1.807, 2.05) is 18.7 Å². The van der Waals surface area contributed by atoms with Crippen LogP contribution in [-0.4, -0.2) is 46.3 Å². The van der Waals surface area contributed by atoms with Crippen LogP contribution in [0.3, 0.4) is 0 Å². The third kappa shape index (κ3) is 6.33. The predicted molar refractivity (Wildman–Crippen MR) is 73.7 cm³/mol. The van der Waals surface area contributed by atoms with E-state index < -0.39 is 0 Å². The molecule has 0 unspecified atom stereocenters. The maximum absolute atomic E-state index is 8.63. The Morgan fingerprint density at radius 2 is 2.00 bits per heavy atom. The zero-order valence-electron chi connectivity index (χ0n) is 10.1. The van der Waals surface area contributed by atoms with Crippen molar-refractivity contribution in [3.8, 4) is 0 Å². The lowest BCUT2D eigenvalue weighted by molar-refractivity contribution is 0.296. The molecule has 17 heavy (non-hydrogen) atoms. The molecule has 1 aromatic rings. The van der Waals surface area contributed by atoms with Crippen LogP contribution in [0.15, 0.2) is 12.4 Å². The number of aromatic nitrogens is 2. The van der Waals surface area contributed by atoms with Gasteiger partial charge in [0.25, 0.3) is 0 Å². The summed E-state index contributed by atoms with van der Waals surface area (Å²) in [6.45, 7) is 4.01. The highest BCUT2D eigenvalue weighted by Gasteiger charge is 1.97. The molecule has 1 aromatic heterocycles. The predicted octanol–water partition coefficient (Wildman–Crippen LogP) is 1.44.